The second-order valence-electron chi connectivity index (χ2n) is 7.71. The maximum absolute atomic E-state index is 12.6. The van der Waals surface area contributed by atoms with E-state index in [-0.39, 0.29) is 30.3 Å². The van der Waals surface area contributed by atoms with Crippen molar-refractivity contribution >= 4 is 15.9 Å². The first kappa shape index (κ1) is 22.5. The van der Waals surface area contributed by atoms with Crippen molar-refractivity contribution in [1.29, 1.82) is 0 Å². The van der Waals surface area contributed by atoms with E-state index in [9.17, 15) is 18.3 Å². The summed E-state index contributed by atoms with van der Waals surface area (Å²) >= 11 is 0. The molecule has 0 aliphatic carbocycles. The zero-order valence-electron chi connectivity index (χ0n) is 17.4. The van der Waals surface area contributed by atoms with Crippen molar-refractivity contribution in [3.05, 3.63) is 54.1 Å². The number of aliphatic hydroxyl groups is 1. The molecule has 9 nitrogen and oxygen atoms in total. The zero-order chi connectivity index (χ0) is 22.6. The van der Waals surface area contributed by atoms with Crippen LogP contribution in [-0.4, -0.2) is 57.6 Å². The van der Waals surface area contributed by atoms with Gasteiger partial charge >= 0.3 is 0 Å². The molecule has 3 N–H and O–H groups in total. The molecular weight excluding hydrogens is 436 g/mol. The van der Waals surface area contributed by atoms with Gasteiger partial charge in [-0.05, 0) is 49.6 Å². The molecule has 0 radical (unpaired) electrons. The maximum atomic E-state index is 12.6. The predicted molar refractivity (Wildman–Crippen MR) is 115 cm³/mol. The standard InChI is InChI=1S/C22H26N2O7S/c25-13-21-18(24-32(27,28)17-4-2-1-3-5-17)8-7-16(31-21)10-11-23-22(26)15-6-9-19-20(12-15)30-14-29-19/h1-6,9,12,16,18,21,24-25H,7-8,10-11,13-14H2,(H,23,26)/t16-,18-,21+/m1/s1. The summed E-state index contributed by atoms with van der Waals surface area (Å²) in [5.41, 5.74) is 0.474. The molecule has 10 heteroatoms. The number of carbonyl (C=O) groups is 1. The highest BCUT2D eigenvalue weighted by molar-refractivity contribution is 7.89. The van der Waals surface area contributed by atoms with Gasteiger partial charge in [-0.3, -0.25) is 4.79 Å². The highest BCUT2D eigenvalue weighted by Crippen LogP contribution is 2.32. The SMILES string of the molecule is O=C(NCC[C@H]1CC[C@@H](NS(=O)(=O)c2ccccc2)[C@H](CO)O1)c1ccc2c(c1)OCO2. The third-order valence-electron chi connectivity index (χ3n) is 5.54. The lowest BCUT2D eigenvalue weighted by atomic mass is 9.98. The van der Waals surface area contributed by atoms with Crippen molar-refractivity contribution in [3.63, 3.8) is 0 Å². The minimum Gasteiger partial charge on any atom is -0.454 e. The fraction of sp³-hybridized carbons (Fsp3) is 0.409. The normalized spacial score (nSPS) is 22.5. The van der Waals surface area contributed by atoms with Crippen LogP contribution in [0.5, 0.6) is 11.5 Å². The zero-order valence-corrected chi connectivity index (χ0v) is 18.2. The Hall–Kier alpha value is -2.66. The quantitative estimate of drug-likeness (QED) is 0.542. The summed E-state index contributed by atoms with van der Waals surface area (Å²) in [5.74, 6) is 0.930. The molecular formula is C22H26N2O7S. The molecule has 2 aliphatic heterocycles. The van der Waals surface area contributed by atoms with Gasteiger partial charge < -0.3 is 24.6 Å². The lowest BCUT2D eigenvalue weighted by molar-refractivity contribution is -0.0871. The van der Waals surface area contributed by atoms with E-state index in [2.05, 4.69) is 10.0 Å². The third-order valence-corrected chi connectivity index (χ3v) is 7.05. The van der Waals surface area contributed by atoms with Gasteiger partial charge in [0.2, 0.25) is 16.8 Å². The average Bonchev–Trinajstić information content (AvgIpc) is 3.28. The molecule has 1 saturated heterocycles. The van der Waals surface area contributed by atoms with Gasteiger partial charge in [0.05, 0.1) is 29.8 Å². The van der Waals surface area contributed by atoms with Crippen LogP contribution in [0.2, 0.25) is 0 Å². The summed E-state index contributed by atoms with van der Waals surface area (Å²) in [6.45, 7) is 0.229. The van der Waals surface area contributed by atoms with Crippen LogP contribution >= 0.6 is 0 Å². The Balaban J connectivity index is 1.26. The number of aliphatic hydroxyl groups excluding tert-OH is 1. The monoisotopic (exact) mass is 462 g/mol. The van der Waals surface area contributed by atoms with Crippen LogP contribution in [0, 0.1) is 0 Å². The lowest BCUT2D eigenvalue weighted by Crippen LogP contribution is -2.51. The molecule has 1 amide bonds. The van der Waals surface area contributed by atoms with Gasteiger partial charge in [0.1, 0.15) is 0 Å². The molecule has 0 aromatic heterocycles. The summed E-state index contributed by atoms with van der Waals surface area (Å²) in [6.07, 6.45) is 0.833. The van der Waals surface area contributed by atoms with Crippen LogP contribution in [0.4, 0.5) is 0 Å². The number of ether oxygens (including phenoxy) is 3. The molecule has 0 saturated carbocycles. The molecule has 32 heavy (non-hydrogen) atoms. The first-order valence-electron chi connectivity index (χ1n) is 10.5. The predicted octanol–water partition coefficient (Wildman–Crippen LogP) is 1.42. The molecule has 0 bridgehead atoms. The molecule has 4 rings (SSSR count). The van der Waals surface area contributed by atoms with E-state index in [0.717, 1.165) is 0 Å². The van der Waals surface area contributed by atoms with Gasteiger partial charge in [-0.2, -0.15) is 0 Å². The Labute approximate surface area is 186 Å². The fourth-order valence-corrected chi connectivity index (χ4v) is 5.15. The van der Waals surface area contributed by atoms with Crippen LogP contribution in [0.15, 0.2) is 53.4 Å². The molecule has 2 aromatic carbocycles. The number of rotatable bonds is 8. The second-order valence-corrected chi connectivity index (χ2v) is 9.42. The highest BCUT2D eigenvalue weighted by atomic mass is 32.2. The Bertz CT molecular complexity index is 1050. The summed E-state index contributed by atoms with van der Waals surface area (Å²) in [4.78, 5) is 12.6. The summed E-state index contributed by atoms with van der Waals surface area (Å²) < 4.78 is 44.3. The van der Waals surface area contributed by atoms with Crippen LogP contribution in [-0.2, 0) is 14.8 Å². The van der Waals surface area contributed by atoms with Gasteiger partial charge in [-0.15, -0.1) is 0 Å². The molecule has 2 aromatic rings. The van der Waals surface area contributed by atoms with Gasteiger partial charge in [-0.25, -0.2) is 13.1 Å². The summed E-state index contributed by atoms with van der Waals surface area (Å²) in [5, 5.41) is 12.6. The van der Waals surface area contributed by atoms with E-state index in [0.29, 0.717) is 42.9 Å². The van der Waals surface area contributed by atoms with Gasteiger partial charge in [0.25, 0.3) is 5.91 Å². The summed E-state index contributed by atoms with van der Waals surface area (Å²) in [7, 11) is -3.70. The van der Waals surface area contributed by atoms with Crippen molar-refractivity contribution in [3.8, 4) is 11.5 Å². The highest BCUT2D eigenvalue weighted by Gasteiger charge is 2.33. The number of hydrogen-bond donors (Lipinski definition) is 3. The maximum Gasteiger partial charge on any atom is 0.251 e. The molecule has 2 heterocycles. The first-order chi connectivity index (χ1) is 15.5. The van der Waals surface area contributed by atoms with Crippen LogP contribution in [0.3, 0.4) is 0 Å². The van der Waals surface area contributed by atoms with E-state index in [1.54, 1.807) is 36.4 Å². The van der Waals surface area contributed by atoms with Crippen molar-refractivity contribution < 1.29 is 32.5 Å². The Kier molecular flexibility index (Phi) is 6.95. The van der Waals surface area contributed by atoms with Crippen molar-refractivity contribution in [2.24, 2.45) is 0 Å². The van der Waals surface area contributed by atoms with Crippen molar-refractivity contribution in [2.75, 3.05) is 19.9 Å². The number of sulfonamides is 1. The average molecular weight is 463 g/mol. The molecule has 172 valence electrons. The fourth-order valence-electron chi connectivity index (χ4n) is 3.83. The summed E-state index contributed by atoms with van der Waals surface area (Å²) in [6, 6.07) is 12.6. The number of carbonyl (C=O) groups excluding carboxylic acids is 1. The molecule has 2 aliphatic rings. The van der Waals surface area contributed by atoms with E-state index >= 15 is 0 Å². The molecule has 0 unspecified atom stereocenters. The van der Waals surface area contributed by atoms with E-state index < -0.39 is 22.2 Å². The number of hydrogen-bond acceptors (Lipinski definition) is 7. The van der Waals surface area contributed by atoms with Gasteiger partial charge in [-0.1, -0.05) is 18.2 Å². The first-order valence-corrected chi connectivity index (χ1v) is 12.0. The van der Waals surface area contributed by atoms with E-state index in [4.69, 9.17) is 14.2 Å². The van der Waals surface area contributed by atoms with Crippen LogP contribution < -0.4 is 19.5 Å². The molecule has 3 atom stereocenters. The smallest absolute Gasteiger partial charge is 0.251 e. The third kappa shape index (κ3) is 5.21. The minimum atomic E-state index is -3.70. The Morgan fingerprint density at radius 3 is 2.62 bits per heavy atom. The van der Waals surface area contributed by atoms with Crippen molar-refractivity contribution in [1.82, 2.24) is 10.0 Å². The Morgan fingerprint density at radius 2 is 1.84 bits per heavy atom. The second kappa shape index (κ2) is 9.86. The van der Waals surface area contributed by atoms with Gasteiger partial charge in [0, 0.05) is 12.1 Å². The largest absolute Gasteiger partial charge is 0.454 e. The molecule has 1 fully saturated rings. The minimum absolute atomic E-state index is 0.147. The van der Waals surface area contributed by atoms with Crippen LogP contribution in [0.1, 0.15) is 29.6 Å². The topological polar surface area (TPSA) is 123 Å². The molecule has 0 spiro atoms. The number of fused-ring (bicyclic) bond motifs is 1. The lowest BCUT2D eigenvalue weighted by Gasteiger charge is -2.36. The van der Waals surface area contributed by atoms with Gasteiger partial charge in [0.15, 0.2) is 11.5 Å². The number of nitrogens with one attached hydrogen (secondary N) is 2. The van der Waals surface area contributed by atoms with E-state index in [1.165, 1.54) is 12.1 Å². The Morgan fingerprint density at radius 1 is 1.06 bits per heavy atom. The van der Waals surface area contributed by atoms with Crippen LogP contribution in [0.25, 0.3) is 0 Å². The number of amides is 1. The van der Waals surface area contributed by atoms with Crippen molar-refractivity contribution in [2.45, 2.75) is 42.4 Å². The number of benzene rings is 2. The van der Waals surface area contributed by atoms with E-state index in [1.807, 2.05) is 0 Å².